The van der Waals surface area contributed by atoms with Crippen LogP contribution in [0.15, 0.2) is 0 Å². The Hall–Kier alpha value is -2.23. The maximum absolute atomic E-state index is 10.4. The molecule has 0 aliphatic heterocycles. The summed E-state index contributed by atoms with van der Waals surface area (Å²) in [6.07, 6.45) is -1.81. The highest BCUT2D eigenvalue weighted by Gasteiger charge is 2.48. The second-order valence-electron chi connectivity index (χ2n) is 2.77. The molecular weight excluding hydrogens is 230 g/mol. The van der Waals surface area contributed by atoms with Crippen LogP contribution in [-0.4, -0.2) is 39.6 Å². The first-order valence-corrected chi connectivity index (χ1v) is 3.61. The molecule has 1 N–H and O–H groups in total. The normalized spacial score (nSPS) is 15.8. The summed E-state index contributed by atoms with van der Waals surface area (Å²) < 4.78 is 0. The zero-order chi connectivity index (χ0) is 13.1. The van der Waals surface area contributed by atoms with Gasteiger partial charge in [-0.1, -0.05) is 0 Å². The first kappa shape index (κ1) is 13.8. The topological polar surface area (TPSA) is 184 Å². The molecule has 0 saturated carbocycles. The molecule has 0 radical (unpaired) electrons. The van der Waals surface area contributed by atoms with E-state index in [9.17, 15) is 39.8 Å². The molecule has 0 rings (SSSR count). The average Bonchev–Trinajstić information content (AvgIpc) is 1.99. The number of nitro groups is 1. The lowest BCUT2D eigenvalue weighted by Crippen LogP contribution is -2.65. The Morgan fingerprint density at radius 3 is 1.88 bits per heavy atom. The van der Waals surface area contributed by atoms with E-state index in [1.165, 1.54) is 0 Å². The molecule has 0 aromatic heterocycles. The minimum atomic E-state index is -3.73. The summed E-state index contributed by atoms with van der Waals surface area (Å²) in [7, 11) is 0. The third-order valence-electron chi connectivity index (χ3n) is 1.65. The number of carboxylic acid groups (broad SMARTS) is 3. The maximum atomic E-state index is 10.4. The molecule has 0 aliphatic rings. The van der Waals surface area contributed by atoms with Crippen LogP contribution in [0.2, 0.25) is 0 Å². The summed E-state index contributed by atoms with van der Waals surface area (Å²) in [5, 5.41) is 50.0. The van der Waals surface area contributed by atoms with E-state index in [0.29, 0.717) is 0 Å². The minimum absolute atomic E-state index is 1.70. The van der Waals surface area contributed by atoms with Crippen LogP contribution < -0.4 is 15.3 Å². The van der Waals surface area contributed by atoms with Gasteiger partial charge in [0.15, 0.2) is 5.60 Å². The molecule has 0 aromatic rings. The molecule has 0 fully saturated rings. The third kappa shape index (κ3) is 2.63. The number of carbonyl (C=O) groups excluding carboxylic acids is 3. The number of aliphatic hydroxyl groups is 1. The van der Waals surface area contributed by atoms with Gasteiger partial charge >= 0.3 is 0 Å². The van der Waals surface area contributed by atoms with Gasteiger partial charge in [-0.15, -0.1) is 0 Å². The molecule has 10 nitrogen and oxygen atoms in total. The Morgan fingerprint density at radius 1 is 1.25 bits per heavy atom. The molecule has 0 spiro atoms. The van der Waals surface area contributed by atoms with Gasteiger partial charge in [0.1, 0.15) is 5.97 Å². The number of carbonyl (C=O) groups is 3. The monoisotopic (exact) mass is 234 g/mol. The van der Waals surface area contributed by atoms with E-state index in [0.717, 1.165) is 0 Å². The molecule has 2 atom stereocenters. The molecule has 0 aromatic carbocycles. The van der Waals surface area contributed by atoms with Crippen molar-refractivity contribution in [2.45, 2.75) is 18.1 Å². The summed E-state index contributed by atoms with van der Waals surface area (Å²) in [6, 6.07) is -3.17. The van der Waals surface area contributed by atoms with Gasteiger partial charge in [0, 0.05) is 17.3 Å². The van der Waals surface area contributed by atoms with Crippen molar-refractivity contribution in [3.05, 3.63) is 10.1 Å². The van der Waals surface area contributed by atoms with E-state index in [1.807, 2.05) is 0 Å². The molecule has 90 valence electrons. The lowest BCUT2D eigenvalue weighted by Gasteiger charge is -2.31. The highest BCUT2D eigenvalue weighted by atomic mass is 16.6. The highest BCUT2D eigenvalue weighted by molar-refractivity contribution is 5.88. The Morgan fingerprint density at radius 2 is 1.69 bits per heavy atom. The molecule has 0 amide bonds. The zero-order valence-corrected chi connectivity index (χ0v) is 7.44. The van der Waals surface area contributed by atoms with Crippen LogP contribution >= 0.6 is 0 Å². The highest BCUT2D eigenvalue weighted by Crippen LogP contribution is 2.17. The van der Waals surface area contributed by atoms with Gasteiger partial charge in [0.05, 0.1) is 5.97 Å². The van der Waals surface area contributed by atoms with Crippen LogP contribution in [0, 0.1) is 10.1 Å². The van der Waals surface area contributed by atoms with Crippen molar-refractivity contribution in [3.8, 4) is 0 Å². The van der Waals surface area contributed by atoms with Gasteiger partial charge in [0.25, 0.3) is 6.04 Å². The number of nitrogens with zero attached hydrogens (tertiary/aromatic N) is 1. The van der Waals surface area contributed by atoms with Crippen molar-refractivity contribution in [1.29, 1.82) is 0 Å². The maximum Gasteiger partial charge on any atom is 0.285 e. The quantitative estimate of drug-likeness (QED) is 0.345. The smallest absolute Gasteiger partial charge is 0.285 e. The molecule has 0 aliphatic carbocycles. The van der Waals surface area contributed by atoms with Gasteiger partial charge in [-0.2, -0.15) is 0 Å². The van der Waals surface area contributed by atoms with Crippen molar-refractivity contribution in [2.75, 3.05) is 0 Å². The standard InChI is InChI=1S/C6H7NO9/c8-2(9)1-6(14,5(12)13)3(4(10)11)7(15)16/h3,14H,1H2,(H,8,9)(H,10,11)(H,12,13)/p-3. The number of hydrogen-bond donors (Lipinski definition) is 1. The Bertz CT molecular complexity index is 336. The molecule has 2 unspecified atom stereocenters. The van der Waals surface area contributed by atoms with Gasteiger partial charge in [-0.25, -0.2) is 0 Å². The van der Waals surface area contributed by atoms with Crippen molar-refractivity contribution in [1.82, 2.24) is 0 Å². The minimum Gasteiger partial charge on any atom is -0.550 e. The van der Waals surface area contributed by atoms with Gasteiger partial charge < -0.3 is 34.8 Å². The first-order valence-electron chi connectivity index (χ1n) is 3.61. The predicted molar refractivity (Wildman–Crippen MR) is 35.4 cm³/mol. The lowest BCUT2D eigenvalue weighted by atomic mass is 9.91. The molecule has 16 heavy (non-hydrogen) atoms. The fourth-order valence-corrected chi connectivity index (χ4v) is 0.956. The summed E-state index contributed by atoms with van der Waals surface area (Å²) in [4.78, 5) is 39.2. The molecule has 0 bridgehead atoms. The fraction of sp³-hybridized carbons (Fsp3) is 0.500. The van der Waals surface area contributed by atoms with E-state index < -0.39 is 40.9 Å². The predicted octanol–water partition coefficient (Wildman–Crippen LogP) is -6.00. The van der Waals surface area contributed by atoms with E-state index in [-0.39, 0.29) is 0 Å². The van der Waals surface area contributed by atoms with E-state index in [2.05, 4.69) is 0 Å². The Labute approximate surface area is 86.9 Å². The van der Waals surface area contributed by atoms with Crippen molar-refractivity contribution < 1.29 is 39.7 Å². The van der Waals surface area contributed by atoms with Gasteiger partial charge in [0.2, 0.25) is 0 Å². The zero-order valence-electron chi connectivity index (χ0n) is 7.44. The number of rotatable bonds is 6. The third-order valence-corrected chi connectivity index (χ3v) is 1.65. The SMILES string of the molecule is O=C([O-])CC(O)(C(=O)[O-])C(C(=O)[O-])[N+](=O)[O-]. The van der Waals surface area contributed by atoms with Crippen LogP contribution in [0.25, 0.3) is 0 Å². The van der Waals surface area contributed by atoms with Gasteiger partial charge in [-0.3, -0.25) is 10.1 Å². The van der Waals surface area contributed by atoms with Crippen LogP contribution in [0.4, 0.5) is 0 Å². The molecule has 0 heterocycles. The van der Waals surface area contributed by atoms with E-state index in [1.54, 1.807) is 0 Å². The second-order valence-corrected chi connectivity index (χ2v) is 2.77. The van der Waals surface area contributed by atoms with Crippen LogP contribution in [0.5, 0.6) is 0 Å². The molecule has 0 saturated heterocycles. The fourth-order valence-electron chi connectivity index (χ4n) is 0.956. The first-order chi connectivity index (χ1) is 7.12. The molecular formula is C6H4NO9-3. The second kappa shape index (κ2) is 4.53. The number of carboxylic acids is 3. The Balaban J connectivity index is 5.46. The number of aliphatic carboxylic acids is 3. The van der Waals surface area contributed by atoms with Crippen LogP contribution in [0.3, 0.4) is 0 Å². The Kier molecular flexibility index (Phi) is 3.90. The van der Waals surface area contributed by atoms with Crippen molar-refractivity contribution >= 4 is 17.9 Å². The van der Waals surface area contributed by atoms with E-state index in [4.69, 9.17) is 5.11 Å². The van der Waals surface area contributed by atoms with Crippen LogP contribution in [0.1, 0.15) is 6.42 Å². The summed E-state index contributed by atoms with van der Waals surface area (Å²) in [5.41, 5.74) is -3.73. The van der Waals surface area contributed by atoms with Crippen LogP contribution in [-0.2, 0) is 14.4 Å². The lowest BCUT2D eigenvalue weighted by molar-refractivity contribution is -0.545. The largest absolute Gasteiger partial charge is 0.550 e. The number of hydrogen-bond acceptors (Lipinski definition) is 9. The van der Waals surface area contributed by atoms with Crippen molar-refractivity contribution in [3.63, 3.8) is 0 Å². The summed E-state index contributed by atoms with van der Waals surface area (Å²) >= 11 is 0. The molecule has 10 heteroatoms. The van der Waals surface area contributed by atoms with Crippen molar-refractivity contribution in [2.24, 2.45) is 0 Å². The summed E-state index contributed by atoms with van der Waals surface area (Å²) in [5.74, 6) is -7.37. The van der Waals surface area contributed by atoms with Gasteiger partial charge in [-0.05, 0) is 0 Å². The van der Waals surface area contributed by atoms with E-state index >= 15 is 0 Å². The summed E-state index contributed by atoms with van der Waals surface area (Å²) in [6.45, 7) is 0. The average molecular weight is 234 g/mol.